The predicted octanol–water partition coefficient (Wildman–Crippen LogP) is 3.60. The summed E-state index contributed by atoms with van der Waals surface area (Å²) in [5.41, 5.74) is -1.44. The van der Waals surface area contributed by atoms with E-state index in [1.165, 1.54) is 12.1 Å². The summed E-state index contributed by atoms with van der Waals surface area (Å²) in [5, 5.41) is 12.4. The van der Waals surface area contributed by atoms with Gasteiger partial charge < -0.3 is 10.0 Å². The third-order valence-corrected chi connectivity index (χ3v) is 8.46. The van der Waals surface area contributed by atoms with Crippen molar-refractivity contribution in [2.45, 2.75) is 30.4 Å². The van der Waals surface area contributed by atoms with Crippen LogP contribution in [0.1, 0.15) is 34.3 Å². The number of Topliss-reactive ketones (excluding diaryl/α,β-unsaturated/α-hetero) is 1. The molecule has 0 bridgehead atoms. The van der Waals surface area contributed by atoms with E-state index >= 15 is 0 Å². The molecule has 2 aliphatic rings. The summed E-state index contributed by atoms with van der Waals surface area (Å²) in [5.74, 6) is -1.67. The van der Waals surface area contributed by atoms with Gasteiger partial charge in [-0.15, -0.1) is 0 Å². The van der Waals surface area contributed by atoms with Crippen LogP contribution >= 0.6 is 0 Å². The first-order valence-corrected chi connectivity index (χ1v) is 13.2. The number of aryl methyl sites for hydroxylation is 1. The van der Waals surface area contributed by atoms with Crippen LogP contribution in [0.5, 0.6) is 0 Å². The number of likely N-dealkylation sites (tertiary alicyclic amines) is 1. The summed E-state index contributed by atoms with van der Waals surface area (Å²) >= 11 is 0. The lowest BCUT2D eigenvalue weighted by molar-refractivity contribution is -0.133. The Hall–Kier alpha value is -3.75. The van der Waals surface area contributed by atoms with Crippen molar-refractivity contribution >= 4 is 21.7 Å². The zero-order valence-corrected chi connectivity index (χ0v) is 20.6. The van der Waals surface area contributed by atoms with Gasteiger partial charge in [0.15, 0.2) is 0 Å². The Bertz CT molecular complexity index is 1440. The molecule has 0 radical (unpaired) electrons. The fraction of sp³-hybridized carbons (Fsp3) is 0.214. The Morgan fingerprint density at radius 1 is 0.861 bits per heavy atom. The smallest absolute Gasteiger partial charge is 0.276 e. The molecule has 5 rings (SSSR count). The highest BCUT2D eigenvalue weighted by Crippen LogP contribution is 2.48. The van der Waals surface area contributed by atoms with E-state index in [9.17, 15) is 23.1 Å². The number of rotatable bonds is 6. The maximum Gasteiger partial charge on any atom is 0.276 e. The third-order valence-electron chi connectivity index (χ3n) is 6.68. The minimum atomic E-state index is -4.56. The van der Waals surface area contributed by atoms with E-state index in [1.807, 2.05) is 6.92 Å². The van der Waals surface area contributed by atoms with Gasteiger partial charge in [0.1, 0.15) is 5.57 Å². The van der Waals surface area contributed by atoms with E-state index in [4.69, 9.17) is 0 Å². The normalized spacial score (nSPS) is 20.3. The van der Waals surface area contributed by atoms with Crippen molar-refractivity contribution < 1.29 is 23.1 Å². The first kappa shape index (κ1) is 24.0. The fourth-order valence-corrected chi connectivity index (χ4v) is 6.44. The van der Waals surface area contributed by atoms with Gasteiger partial charge in [0.25, 0.3) is 15.9 Å². The van der Waals surface area contributed by atoms with Gasteiger partial charge in [-0.05, 0) is 31.9 Å². The van der Waals surface area contributed by atoms with Crippen molar-refractivity contribution in [2.24, 2.45) is 0 Å². The number of nitrogens with zero attached hydrogens (tertiary/aromatic N) is 2. The van der Waals surface area contributed by atoms with Crippen LogP contribution in [0.3, 0.4) is 0 Å². The highest BCUT2D eigenvalue weighted by molar-refractivity contribution is 7.89. The van der Waals surface area contributed by atoms with Crippen LogP contribution in [-0.4, -0.2) is 47.5 Å². The van der Waals surface area contributed by atoms with Gasteiger partial charge in [-0.25, -0.2) is 8.42 Å². The quantitative estimate of drug-likeness (QED) is 0.409. The number of aliphatic hydroxyl groups is 1. The summed E-state index contributed by atoms with van der Waals surface area (Å²) in [4.78, 5) is 29.4. The second-order valence-corrected chi connectivity index (χ2v) is 10.8. The van der Waals surface area contributed by atoms with E-state index in [-0.39, 0.29) is 27.3 Å². The molecule has 1 unspecified atom stereocenters. The number of amides is 1. The van der Waals surface area contributed by atoms with Crippen molar-refractivity contribution in [2.75, 3.05) is 13.1 Å². The fourth-order valence-electron chi connectivity index (χ4n) is 4.90. The van der Waals surface area contributed by atoms with Crippen LogP contribution in [-0.2, 0) is 20.5 Å². The van der Waals surface area contributed by atoms with Gasteiger partial charge in [0.05, 0.1) is 10.6 Å². The Balaban J connectivity index is 1.79. The van der Waals surface area contributed by atoms with Crippen LogP contribution in [0.2, 0.25) is 0 Å². The van der Waals surface area contributed by atoms with Crippen molar-refractivity contribution in [3.63, 3.8) is 0 Å². The van der Waals surface area contributed by atoms with Crippen molar-refractivity contribution in [3.8, 4) is 0 Å². The average molecular weight is 503 g/mol. The van der Waals surface area contributed by atoms with E-state index in [0.717, 1.165) is 18.4 Å². The molecule has 1 N–H and O–H groups in total. The molecule has 2 aliphatic heterocycles. The number of benzene rings is 3. The molecule has 2 heterocycles. The van der Waals surface area contributed by atoms with Gasteiger partial charge in [-0.3, -0.25) is 9.59 Å². The predicted molar refractivity (Wildman–Crippen MR) is 134 cm³/mol. The molecule has 3 aromatic carbocycles. The second kappa shape index (κ2) is 9.04. The van der Waals surface area contributed by atoms with Crippen LogP contribution in [0.4, 0.5) is 0 Å². The third kappa shape index (κ3) is 3.73. The van der Waals surface area contributed by atoms with Gasteiger partial charge in [-0.1, -0.05) is 78.4 Å². The minimum Gasteiger partial charge on any atom is -0.370 e. The number of hydrogen-bond acceptors (Lipinski definition) is 6. The lowest BCUT2D eigenvalue weighted by Crippen LogP contribution is -2.51. The summed E-state index contributed by atoms with van der Waals surface area (Å²) < 4.78 is 28.5. The standard InChI is InChI=1S/C28H26N2O5S/c1-20-14-16-23(17-15-20)36(34,35)30-27(32)24(25(31)21-10-4-2-5-11-21)26(29-18-8-9-19-29)28(30,33)22-12-6-3-7-13-22/h2-7,10-17,33H,8-9,18-19H2,1H3. The Labute approximate surface area is 210 Å². The molecule has 0 spiro atoms. The Kier molecular flexibility index (Phi) is 6.02. The highest BCUT2D eigenvalue weighted by Gasteiger charge is 2.60. The summed E-state index contributed by atoms with van der Waals surface area (Å²) in [6.45, 7) is 2.80. The monoisotopic (exact) mass is 502 g/mol. The molecule has 1 atom stereocenters. The molecular formula is C28H26N2O5S. The first-order valence-electron chi connectivity index (χ1n) is 11.8. The zero-order chi connectivity index (χ0) is 25.5. The van der Waals surface area contributed by atoms with Gasteiger partial charge in [0, 0.05) is 24.2 Å². The van der Waals surface area contributed by atoms with Crippen LogP contribution in [0.25, 0.3) is 0 Å². The maximum atomic E-state index is 14.0. The van der Waals surface area contributed by atoms with E-state index in [2.05, 4.69) is 0 Å². The van der Waals surface area contributed by atoms with Crippen LogP contribution in [0, 0.1) is 6.92 Å². The summed E-state index contributed by atoms with van der Waals surface area (Å²) in [6, 6.07) is 22.5. The van der Waals surface area contributed by atoms with Crippen molar-refractivity contribution in [3.05, 3.63) is 113 Å². The molecule has 0 aromatic heterocycles. The van der Waals surface area contributed by atoms with Crippen molar-refractivity contribution in [1.82, 2.24) is 9.21 Å². The molecule has 1 fully saturated rings. The highest BCUT2D eigenvalue weighted by atomic mass is 32.2. The number of sulfonamides is 1. The molecule has 0 saturated carbocycles. The van der Waals surface area contributed by atoms with Crippen molar-refractivity contribution in [1.29, 1.82) is 0 Å². The SMILES string of the molecule is Cc1ccc(S(=O)(=O)N2C(=O)C(C(=O)c3ccccc3)=C(N3CCCC3)C2(O)c2ccccc2)cc1. The molecule has 8 heteroatoms. The van der Waals surface area contributed by atoms with E-state index < -0.39 is 27.4 Å². The lowest BCUT2D eigenvalue weighted by Gasteiger charge is -2.38. The zero-order valence-electron chi connectivity index (χ0n) is 19.8. The second-order valence-electron chi connectivity index (χ2n) is 9.04. The van der Waals surface area contributed by atoms with Gasteiger partial charge in [0.2, 0.25) is 11.5 Å². The first-order chi connectivity index (χ1) is 17.3. The average Bonchev–Trinajstić information content (AvgIpc) is 3.49. The molecule has 1 saturated heterocycles. The number of ketones is 1. The van der Waals surface area contributed by atoms with Gasteiger partial charge in [-0.2, -0.15) is 4.31 Å². The van der Waals surface area contributed by atoms with Gasteiger partial charge >= 0.3 is 0 Å². The topological polar surface area (TPSA) is 95.0 Å². The lowest BCUT2D eigenvalue weighted by atomic mass is 9.95. The molecule has 184 valence electrons. The van der Waals surface area contributed by atoms with Crippen LogP contribution in [0.15, 0.2) is 101 Å². The number of carbonyl (C=O) groups is 2. The molecule has 36 heavy (non-hydrogen) atoms. The number of hydrogen-bond donors (Lipinski definition) is 1. The Morgan fingerprint density at radius 3 is 2.00 bits per heavy atom. The number of carbonyl (C=O) groups excluding carboxylic acids is 2. The Morgan fingerprint density at radius 2 is 1.42 bits per heavy atom. The largest absolute Gasteiger partial charge is 0.370 e. The summed E-state index contributed by atoms with van der Waals surface area (Å²) in [6.07, 6.45) is 1.58. The molecule has 3 aromatic rings. The molecule has 7 nitrogen and oxygen atoms in total. The maximum absolute atomic E-state index is 14.0. The molecule has 0 aliphatic carbocycles. The van der Waals surface area contributed by atoms with E-state index in [0.29, 0.717) is 17.4 Å². The molecular weight excluding hydrogens is 476 g/mol. The molecule has 1 amide bonds. The summed E-state index contributed by atoms with van der Waals surface area (Å²) in [7, 11) is -4.56. The van der Waals surface area contributed by atoms with Crippen LogP contribution < -0.4 is 0 Å². The minimum absolute atomic E-state index is 0.0146. The van der Waals surface area contributed by atoms with E-state index in [1.54, 1.807) is 77.7 Å².